The molecule has 8 aromatic carbocycles. The van der Waals surface area contributed by atoms with Crippen LogP contribution in [0.4, 0.5) is 17.1 Å². The minimum Gasteiger partial charge on any atom is -0.456 e. The van der Waals surface area contributed by atoms with Crippen LogP contribution < -0.4 is 4.90 Å². The van der Waals surface area contributed by atoms with Gasteiger partial charge in [0.1, 0.15) is 11.2 Å². The maximum absolute atomic E-state index is 6.35. The van der Waals surface area contributed by atoms with Crippen molar-refractivity contribution in [2.24, 2.45) is 0 Å². The normalized spacial score (nSPS) is 11.7. The highest BCUT2D eigenvalue weighted by Gasteiger charge is 2.20. The molecule has 3 heteroatoms. The number of fused-ring (bicyclic) bond motifs is 7. The van der Waals surface area contributed by atoms with Gasteiger partial charge in [-0.3, -0.25) is 0 Å². The van der Waals surface area contributed by atoms with Crippen LogP contribution in [0.2, 0.25) is 0 Å². The van der Waals surface area contributed by atoms with Gasteiger partial charge in [-0.05, 0) is 87.6 Å². The molecule has 0 aliphatic heterocycles. The highest BCUT2D eigenvalue weighted by Crippen LogP contribution is 2.45. The van der Waals surface area contributed by atoms with Crippen molar-refractivity contribution in [3.8, 4) is 22.3 Å². The van der Waals surface area contributed by atoms with Crippen molar-refractivity contribution in [3.63, 3.8) is 0 Å². The molecule has 0 aliphatic carbocycles. The number of para-hydroxylation sites is 1. The Morgan fingerprint density at radius 1 is 0.388 bits per heavy atom. The molecule has 0 bridgehead atoms. The fourth-order valence-corrected chi connectivity index (χ4v) is 8.57. The number of hydrogen-bond donors (Lipinski definition) is 0. The predicted octanol–water partition coefficient (Wildman–Crippen LogP) is 13.9. The van der Waals surface area contributed by atoms with Crippen molar-refractivity contribution in [2.75, 3.05) is 4.90 Å². The van der Waals surface area contributed by atoms with E-state index in [2.05, 4.69) is 169 Å². The molecular formula is C46H29NOS. The number of rotatable bonds is 5. The molecule has 230 valence electrons. The Labute approximate surface area is 287 Å². The van der Waals surface area contributed by atoms with Crippen molar-refractivity contribution in [3.05, 3.63) is 176 Å². The first-order valence-corrected chi connectivity index (χ1v) is 17.4. The summed E-state index contributed by atoms with van der Waals surface area (Å²) in [6.45, 7) is 0. The van der Waals surface area contributed by atoms with Gasteiger partial charge in [0.2, 0.25) is 0 Å². The molecule has 0 saturated carbocycles. The highest BCUT2D eigenvalue weighted by atomic mass is 32.1. The van der Waals surface area contributed by atoms with Gasteiger partial charge in [-0.2, -0.15) is 0 Å². The molecule has 0 N–H and O–H groups in total. The second-order valence-corrected chi connectivity index (χ2v) is 13.6. The van der Waals surface area contributed by atoms with Gasteiger partial charge in [0, 0.05) is 36.9 Å². The summed E-state index contributed by atoms with van der Waals surface area (Å²) in [6.07, 6.45) is 0. The smallest absolute Gasteiger partial charge is 0.137 e. The van der Waals surface area contributed by atoms with E-state index in [-0.39, 0.29) is 0 Å². The van der Waals surface area contributed by atoms with Crippen molar-refractivity contribution < 1.29 is 4.42 Å². The van der Waals surface area contributed by atoms with E-state index in [0.29, 0.717) is 0 Å². The predicted molar refractivity (Wildman–Crippen MR) is 210 cm³/mol. The molecule has 0 amide bonds. The third kappa shape index (κ3) is 4.55. The maximum Gasteiger partial charge on any atom is 0.137 e. The van der Waals surface area contributed by atoms with Gasteiger partial charge in [-0.15, -0.1) is 11.3 Å². The summed E-state index contributed by atoms with van der Waals surface area (Å²) in [6, 6.07) is 63.2. The van der Waals surface area contributed by atoms with Crippen LogP contribution in [0.3, 0.4) is 0 Å². The summed E-state index contributed by atoms with van der Waals surface area (Å²) < 4.78 is 8.99. The Hall–Kier alpha value is -6.16. The van der Waals surface area contributed by atoms with Crippen LogP contribution in [0.5, 0.6) is 0 Å². The van der Waals surface area contributed by atoms with Crippen molar-refractivity contribution >= 4 is 81.3 Å². The fraction of sp³-hybridized carbons (Fsp3) is 0. The van der Waals surface area contributed by atoms with Crippen LogP contribution in [0.15, 0.2) is 180 Å². The molecule has 0 fully saturated rings. The first-order chi connectivity index (χ1) is 24.3. The lowest BCUT2D eigenvalue weighted by molar-refractivity contribution is 0.669. The quantitative estimate of drug-likeness (QED) is 0.186. The Kier molecular flexibility index (Phi) is 6.39. The second-order valence-electron chi connectivity index (χ2n) is 12.5. The zero-order chi connectivity index (χ0) is 32.3. The molecule has 0 aliphatic rings. The van der Waals surface area contributed by atoms with Crippen molar-refractivity contribution in [1.29, 1.82) is 0 Å². The van der Waals surface area contributed by atoms with Gasteiger partial charge in [0.15, 0.2) is 0 Å². The van der Waals surface area contributed by atoms with E-state index in [1.54, 1.807) is 0 Å². The average Bonchev–Trinajstić information content (AvgIpc) is 3.74. The zero-order valence-electron chi connectivity index (χ0n) is 26.5. The first-order valence-electron chi connectivity index (χ1n) is 16.6. The van der Waals surface area contributed by atoms with Crippen LogP contribution in [0.1, 0.15) is 0 Å². The molecule has 0 radical (unpaired) electrons. The molecule has 0 atom stereocenters. The Morgan fingerprint density at radius 3 is 1.78 bits per heavy atom. The minimum absolute atomic E-state index is 0.878. The van der Waals surface area contributed by atoms with Gasteiger partial charge in [0.05, 0.1) is 11.1 Å². The van der Waals surface area contributed by atoms with Crippen LogP contribution in [0, 0.1) is 0 Å². The SMILES string of the molecule is c1ccc2c(-c3ccc(N(c4ccc(-c5cccc6sc7ccccc7c56)cc4)c4cccc5oc6ccccc6c45)cc3)cccc2c1. The number of furan rings is 1. The van der Waals surface area contributed by atoms with Crippen LogP contribution in [-0.4, -0.2) is 0 Å². The minimum atomic E-state index is 0.878. The Bertz CT molecular complexity index is 2820. The molecular weight excluding hydrogens is 615 g/mol. The second kappa shape index (κ2) is 11.2. The van der Waals surface area contributed by atoms with Crippen LogP contribution in [0.25, 0.3) is 75.1 Å². The molecule has 10 aromatic rings. The van der Waals surface area contributed by atoms with Crippen LogP contribution in [-0.2, 0) is 0 Å². The Morgan fingerprint density at radius 2 is 0.959 bits per heavy atom. The molecule has 2 nitrogen and oxygen atoms in total. The van der Waals surface area contributed by atoms with E-state index in [0.717, 1.165) is 39.0 Å². The van der Waals surface area contributed by atoms with E-state index in [1.807, 2.05) is 23.5 Å². The monoisotopic (exact) mass is 643 g/mol. The summed E-state index contributed by atoms with van der Waals surface area (Å²) in [5.41, 5.74) is 9.91. The third-order valence-electron chi connectivity index (χ3n) is 9.69. The molecule has 2 heterocycles. The average molecular weight is 644 g/mol. The number of nitrogens with zero attached hydrogens (tertiary/aromatic N) is 1. The zero-order valence-corrected chi connectivity index (χ0v) is 27.3. The van der Waals surface area contributed by atoms with Gasteiger partial charge < -0.3 is 9.32 Å². The lowest BCUT2D eigenvalue weighted by atomic mass is 9.97. The summed E-state index contributed by atoms with van der Waals surface area (Å²) in [7, 11) is 0. The largest absolute Gasteiger partial charge is 0.456 e. The van der Waals surface area contributed by atoms with Gasteiger partial charge in [0.25, 0.3) is 0 Å². The fourth-order valence-electron chi connectivity index (χ4n) is 7.44. The summed E-state index contributed by atoms with van der Waals surface area (Å²) >= 11 is 1.86. The molecule has 0 spiro atoms. The first kappa shape index (κ1) is 27.9. The van der Waals surface area contributed by atoms with Gasteiger partial charge in [-0.1, -0.05) is 121 Å². The number of thiophene rings is 1. The maximum atomic E-state index is 6.35. The topological polar surface area (TPSA) is 16.4 Å². The highest BCUT2D eigenvalue weighted by molar-refractivity contribution is 7.25. The molecule has 0 unspecified atom stereocenters. The van der Waals surface area contributed by atoms with E-state index < -0.39 is 0 Å². The number of hydrogen-bond acceptors (Lipinski definition) is 3. The van der Waals surface area contributed by atoms with E-state index in [1.165, 1.54) is 53.2 Å². The lowest BCUT2D eigenvalue weighted by Gasteiger charge is -2.27. The Balaban J connectivity index is 1.14. The molecule has 2 aromatic heterocycles. The van der Waals surface area contributed by atoms with Crippen molar-refractivity contribution in [1.82, 2.24) is 0 Å². The summed E-state index contributed by atoms with van der Waals surface area (Å²) in [4.78, 5) is 2.36. The number of anilines is 3. The standard InChI is InChI=1S/C46H29NOS/c1-2-12-35-30(10-1)11-7-15-36(35)31-22-26-33(27-23-31)47(40-17-9-19-42-46(40)38-13-3-5-18-41(38)48-42)34-28-24-32(25-29-34)37-16-8-21-44-45(37)39-14-4-6-20-43(39)49-44/h1-29H. The molecule has 49 heavy (non-hydrogen) atoms. The van der Waals surface area contributed by atoms with E-state index in [4.69, 9.17) is 4.42 Å². The number of benzene rings is 8. The summed E-state index contributed by atoms with van der Waals surface area (Å²) in [5.74, 6) is 0. The van der Waals surface area contributed by atoms with Gasteiger partial charge >= 0.3 is 0 Å². The van der Waals surface area contributed by atoms with E-state index in [9.17, 15) is 0 Å². The van der Waals surface area contributed by atoms with Gasteiger partial charge in [-0.25, -0.2) is 0 Å². The summed E-state index contributed by atoms with van der Waals surface area (Å²) in [5, 5.41) is 7.36. The third-order valence-corrected chi connectivity index (χ3v) is 10.8. The lowest BCUT2D eigenvalue weighted by Crippen LogP contribution is -2.10. The van der Waals surface area contributed by atoms with E-state index >= 15 is 0 Å². The molecule has 0 saturated heterocycles. The molecule has 10 rings (SSSR count). The van der Waals surface area contributed by atoms with Crippen LogP contribution >= 0.6 is 11.3 Å². The van der Waals surface area contributed by atoms with Crippen molar-refractivity contribution in [2.45, 2.75) is 0 Å².